The highest BCUT2D eigenvalue weighted by Gasteiger charge is 2.34. The molecule has 9 rings (SSSR count). The minimum absolute atomic E-state index is 0.222. The summed E-state index contributed by atoms with van der Waals surface area (Å²) in [7, 11) is 9.27. The van der Waals surface area contributed by atoms with Crippen molar-refractivity contribution < 1.29 is 66.5 Å². The molecule has 14 nitrogen and oxygen atoms in total. The van der Waals surface area contributed by atoms with Crippen molar-refractivity contribution in [3.05, 3.63) is 179 Å². The summed E-state index contributed by atoms with van der Waals surface area (Å²) in [5, 5.41) is 3.14. The quantitative estimate of drug-likeness (QED) is 0.0359. The number of allylic oxidation sites excluding steroid dienone is 2. The van der Waals surface area contributed by atoms with Crippen molar-refractivity contribution in [3.63, 3.8) is 0 Å². The number of hydrogen-bond donors (Lipinski definition) is 0. The molecule has 0 saturated carbocycles. The topological polar surface area (TPSA) is 153 Å². The molecule has 1 unspecified atom stereocenters. The van der Waals surface area contributed by atoms with E-state index in [4.69, 9.17) is 52.1 Å². The van der Waals surface area contributed by atoms with Crippen LogP contribution in [0.2, 0.25) is 0 Å². The minimum atomic E-state index is -0.668. The molecule has 1 aliphatic rings. The second kappa shape index (κ2) is 26.0. The van der Waals surface area contributed by atoms with Gasteiger partial charge in [0.25, 0.3) is 0 Å². The Labute approximate surface area is 473 Å². The van der Waals surface area contributed by atoms with E-state index in [0.717, 1.165) is 36.5 Å². The Morgan fingerprint density at radius 1 is 0.600 bits per heavy atom. The Morgan fingerprint density at radius 2 is 1.23 bits per heavy atom. The number of thiophene rings is 2. The number of fused-ring (bicyclic) bond motifs is 1. The average Bonchev–Trinajstić information content (AvgIpc) is 4.28. The number of ketones is 2. The molecule has 1 saturated heterocycles. The van der Waals surface area contributed by atoms with Crippen LogP contribution in [-0.4, -0.2) is 91.9 Å². The van der Waals surface area contributed by atoms with E-state index in [1.54, 1.807) is 112 Å². The van der Waals surface area contributed by atoms with Crippen molar-refractivity contribution in [2.75, 3.05) is 62.5 Å². The Morgan fingerprint density at radius 3 is 1.84 bits per heavy atom. The van der Waals surface area contributed by atoms with Crippen molar-refractivity contribution in [1.29, 1.82) is 0 Å². The van der Waals surface area contributed by atoms with Crippen molar-refractivity contribution in [3.8, 4) is 66.9 Å². The average molecular weight is 1120 g/mol. The van der Waals surface area contributed by atoms with Crippen molar-refractivity contribution in [2.24, 2.45) is 0 Å². The van der Waals surface area contributed by atoms with Gasteiger partial charge in [-0.25, -0.2) is 4.79 Å². The van der Waals surface area contributed by atoms with Gasteiger partial charge < -0.3 is 52.1 Å². The molecule has 16 heteroatoms. The molecule has 0 amide bonds. The first-order chi connectivity index (χ1) is 38.6. The fourth-order valence-corrected chi connectivity index (χ4v) is 10.6. The van der Waals surface area contributed by atoms with Crippen LogP contribution in [0.15, 0.2) is 146 Å². The smallest absolute Gasteiger partial charge is 0.338 e. The van der Waals surface area contributed by atoms with Gasteiger partial charge in [0.1, 0.15) is 36.6 Å². The van der Waals surface area contributed by atoms with E-state index in [9.17, 15) is 14.4 Å². The molecule has 80 heavy (non-hydrogen) atoms. The predicted molar refractivity (Wildman–Crippen MR) is 313 cm³/mol. The lowest BCUT2D eigenvalue weighted by molar-refractivity contribution is -0.141. The third-order valence-corrected chi connectivity index (χ3v) is 15.0. The minimum Gasteiger partial charge on any atom is -0.496 e. The summed E-state index contributed by atoms with van der Waals surface area (Å²) in [6, 6.07) is 38.9. The molecule has 1 atom stereocenters. The fraction of sp³-hybridized carbons (Fsp3) is 0.234. The lowest BCUT2D eigenvalue weighted by Gasteiger charge is -2.20. The van der Waals surface area contributed by atoms with Gasteiger partial charge in [0, 0.05) is 59.5 Å². The highest BCUT2D eigenvalue weighted by molar-refractivity contribution is 7.22. The summed E-state index contributed by atoms with van der Waals surface area (Å²) in [6.07, 6.45) is -0.256. The Balaban J connectivity index is 0.000000211. The number of methoxy groups -OCH3 is 6. The molecule has 0 aliphatic carbocycles. The van der Waals surface area contributed by atoms with Gasteiger partial charge in [-0.2, -0.15) is 0 Å². The fourth-order valence-electron chi connectivity index (χ4n) is 8.79. The van der Waals surface area contributed by atoms with E-state index in [2.05, 4.69) is 31.4 Å². The molecule has 8 aromatic rings. The SMILES string of the molecule is C=C(C(=O)c1cc(OC)c(OCC2COC(C)(C)O2)c(OC)c1)c1cc(-c2cc3ccccc3s2)c(OC)cc1OC.C=C(C(=O)c1ccc(OCc2ccc(C(=O)OCC)cc2)c(OC)c1)c1cc(-c2cccs2)ccc1OC. The zero-order valence-electron chi connectivity index (χ0n) is 46.1. The summed E-state index contributed by atoms with van der Waals surface area (Å²) in [5.74, 6) is 2.04. The summed E-state index contributed by atoms with van der Waals surface area (Å²) >= 11 is 3.27. The first-order valence-corrected chi connectivity index (χ1v) is 27.0. The standard InChI is InChI=1S/C33H34O8S.C31H28O6S/c1-19(23-15-24(26(36-5)16-25(23)35-4)30-14-20-10-8-9-11-29(20)42-30)31(34)21-12-27(37-6)32(28(13-21)38-7)39-17-22-18-40-33(2,3)41-22;1-5-36-31(33)22-10-8-21(9-11-22)19-37-27-15-13-24(18-28(27)35-4)30(32)20(2)25-17-23(12-14-26(25)34-3)29-7-6-16-38-29/h8-16,22H,1,17-18H2,2-7H3;6-18H,2,5,19H2,1,3-4H3. The number of carbonyl (C=O) groups excluding carboxylic acids is 3. The van der Waals surface area contributed by atoms with Crippen molar-refractivity contribution in [2.45, 2.75) is 39.3 Å². The first kappa shape index (κ1) is 57.8. The Bertz CT molecular complexity index is 3480. The van der Waals surface area contributed by atoms with Crippen LogP contribution in [0.25, 0.3) is 42.1 Å². The second-order valence-electron chi connectivity index (χ2n) is 18.5. The maximum absolute atomic E-state index is 13.9. The van der Waals surface area contributed by atoms with E-state index in [1.807, 2.05) is 67.8 Å². The highest BCUT2D eigenvalue weighted by atomic mass is 32.1. The van der Waals surface area contributed by atoms with Crippen LogP contribution in [0.3, 0.4) is 0 Å². The van der Waals surface area contributed by atoms with Gasteiger partial charge in [-0.15, -0.1) is 22.7 Å². The molecular weight excluding hydrogens is 1060 g/mol. The molecule has 1 aliphatic heterocycles. The van der Waals surface area contributed by atoms with Crippen LogP contribution < -0.4 is 37.9 Å². The lowest BCUT2D eigenvalue weighted by atomic mass is 9.94. The van der Waals surface area contributed by atoms with E-state index >= 15 is 0 Å². The zero-order valence-corrected chi connectivity index (χ0v) is 47.7. The summed E-state index contributed by atoms with van der Waals surface area (Å²) in [5.41, 5.74) is 5.66. The van der Waals surface area contributed by atoms with E-state index in [-0.39, 0.29) is 42.4 Å². The molecule has 0 bridgehead atoms. The number of rotatable bonds is 22. The van der Waals surface area contributed by atoms with E-state index < -0.39 is 5.79 Å². The van der Waals surface area contributed by atoms with E-state index in [1.165, 1.54) is 21.3 Å². The summed E-state index contributed by atoms with van der Waals surface area (Å²) < 4.78 is 63.2. The van der Waals surface area contributed by atoms with Crippen molar-refractivity contribution >= 4 is 61.4 Å². The summed E-state index contributed by atoms with van der Waals surface area (Å²) in [4.78, 5) is 41.2. The first-order valence-electron chi connectivity index (χ1n) is 25.3. The van der Waals surface area contributed by atoms with Crippen LogP contribution >= 0.6 is 22.7 Å². The zero-order chi connectivity index (χ0) is 57.1. The molecule has 2 aromatic heterocycles. The number of hydrogen-bond acceptors (Lipinski definition) is 16. The monoisotopic (exact) mass is 1120 g/mol. The van der Waals surface area contributed by atoms with Gasteiger partial charge in [0.15, 0.2) is 40.4 Å². The highest BCUT2D eigenvalue weighted by Crippen LogP contribution is 2.45. The third kappa shape index (κ3) is 13.2. The van der Waals surface area contributed by atoms with Crippen LogP contribution in [0.5, 0.6) is 46.0 Å². The van der Waals surface area contributed by atoms with E-state index in [0.29, 0.717) is 92.6 Å². The van der Waals surface area contributed by atoms with Crippen LogP contribution in [0.1, 0.15) is 68.5 Å². The van der Waals surface area contributed by atoms with Gasteiger partial charge >= 0.3 is 5.97 Å². The van der Waals surface area contributed by atoms with Gasteiger partial charge in [-0.05, 0) is 128 Å². The molecule has 0 radical (unpaired) electrons. The molecule has 6 aromatic carbocycles. The molecule has 414 valence electrons. The Kier molecular flexibility index (Phi) is 18.8. The maximum atomic E-state index is 13.9. The maximum Gasteiger partial charge on any atom is 0.338 e. The van der Waals surface area contributed by atoms with Crippen LogP contribution in [0, 0.1) is 0 Å². The Hall–Kier alpha value is -8.41. The van der Waals surface area contributed by atoms with Gasteiger partial charge in [-0.1, -0.05) is 49.6 Å². The van der Waals surface area contributed by atoms with Crippen LogP contribution in [-0.2, 0) is 20.8 Å². The number of ether oxygens (including phenoxy) is 11. The molecule has 1 fully saturated rings. The normalized spacial score (nSPS) is 13.3. The van der Waals surface area contributed by atoms with Crippen molar-refractivity contribution in [1.82, 2.24) is 0 Å². The summed E-state index contributed by atoms with van der Waals surface area (Å²) in [6.45, 7) is 14.9. The molecule has 0 spiro atoms. The van der Waals surface area contributed by atoms with Gasteiger partial charge in [-0.3, -0.25) is 9.59 Å². The molecular formula is C64H62O14S2. The number of benzene rings is 6. The predicted octanol–water partition coefficient (Wildman–Crippen LogP) is 14.1. The molecule has 0 N–H and O–H groups in total. The third-order valence-electron chi connectivity index (χ3n) is 12.9. The van der Waals surface area contributed by atoms with Gasteiger partial charge in [0.2, 0.25) is 5.75 Å². The molecule has 3 heterocycles. The number of esters is 1. The largest absolute Gasteiger partial charge is 0.496 e. The lowest BCUT2D eigenvalue weighted by Crippen LogP contribution is -2.25. The number of carbonyl (C=O) groups is 3. The number of Topliss-reactive ketones (excluding diaryl/α,β-unsaturated/α-hetero) is 2. The second-order valence-corrected chi connectivity index (χ2v) is 20.5. The van der Waals surface area contributed by atoms with Crippen LogP contribution in [0.4, 0.5) is 0 Å². The van der Waals surface area contributed by atoms with Gasteiger partial charge in [0.05, 0.1) is 61.4 Å².